The molecule has 1 unspecified atom stereocenters. The number of rotatable bonds is 14. The van der Waals surface area contributed by atoms with Gasteiger partial charge in [-0.15, -0.1) is 0 Å². The van der Waals surface area contributed by atoms with E-state index < -0.39 is 6.04 Å². The molecule has 0 saturated carbocycles. The maximum absolute atomic E-state index is 12.9. The van der Waals surface area contributed by atoms with Crippen molar-refractivity contribution in [3.8, 4) is 0 Å². The molecule has 0 heterocycles. The highest BCUT2D eigenvalue weighted by Crippen LogP contribution is 2.23. The summed E-state index contributed by atoms with van der Waals surface area (Å²) in [5.74, 6) is -0.648. The van der Waals surface area contributed by atoms with Crippen LogP contribution in [-0.2, 0) is 14.4 Å². The molecule has 3 atom stereocenters. The maximum atomic E-state index is 12.9. The molecule has 0 aromatic carbocycles. The fourth-order valence-corrected chi connectivity index (χ4v) is 3.12. The van der Waals surface area contributed by atoms with Crippen LogP contribution in [0.2, 0.25) is 0 Å². The topological polar surface area (TPSA) is 101 Å². The fraction of sp³-hybridized carbons (Fsp3) is 0.864. The van der Waals surface area contributed by atoms with E-state index >= 15 is 0 Å². The van der Waals surface area contributed by atoms with Gasteiger partial charge >= 0.3 is 0 Å². The summed E-state index contributed by atoms with van der Waals surface area (Å²) in [6.45, 7) is 12.4. The number of nitrogens with two attached hydrogens (primary N) is 1. The van der Waals surface area contributed by atoms with Crippen molar-refractivity contribution in [3.05, 3.63) is 0 Å². The Kier molecular flexibility index (Phi) is 13.0. The highest BCUT2D eigenvalue weighted by Gasteiger charge is 2.31. The molecule has 0 aromatic heterocycles. The first-order valence-electron chi connectivity index (χ1n) is 10.9. The first-order chi connectivity index (χ1) is 13.1. The van der Waals surface area contributed by atoms with Gasteiger partial charge in [0.1, 0.15) is 0 Å². The predicted molar refractivity (Wildman–Crippen MR) is 115 cm³/mol. The average Bonchev–Trinajstić information content (AvgIpc) is 2.61. The molecular formula is C22H43N3O3. The van der Waals surface area contributed by atoms with Gasteiger partial charge in [0.05, 0.1) is 6.04 Å². The number of hydrogen-bond donors (Lipinski definition) is 3. The van der Waals surface area contributed by atoms with Crippen molar-refractivity contribution in [2.75, 3.05) is 6.54 Å². The van der Waals surface area contributed by atoms with Gasteiger partial charge in [-0.3, -0.25) is 14.4 Å². The van der Waals surface area contributed by atoms with Crippen molar-refractivity contribution < 1.29 is 14.4 Å². The number of hydrogen-bond acceptors (Lipinski definition) is 4. The molecule has 28 heavy (non-hydrogen) atoms. The lowest BCUT2D eigenvalue weighted by Gasteiger charge is -2.28. The Labute approximate surface area is 171 Å². The third-order valence-corrected chi connectivity index (χ3v) is 5.06. The van der Waals surface area contributed by atoms with E-state index in [0.29, 0.717) is 13.0 Å². The van der Waals surface area contributed by atoms with Gasteiger partial charge in [0, 0.05) is 31.3 Å². The van der Waals surface area contributed by atoms with Crippen LogP contribution in [0.3, 0.4) is 0 Å². The summed E-state index contributed by atoms with van der Waals surface area (Å²) >= 11 is 0. The number of unbranched alkanes of at least 4 members (excludes halogenated alkanes) is 2. The molecule has 0 aliphatic rings. The minimum absolute atomic E-state index is 0.0557. The molecule has 0 radical (unpaired) electrons. The molecular weight excluding hydrogens is 354 g/mol. The molecule has 0 aliphatic carbocycles. The summed E-state index contributed by atoms with van der Waals surface area (Å²) < 4.78 is 0. The first-order valence-corrected chi connectivity index (χ1v) is 10.9. The van der Waals surface area contributed by atoms with Crippen molar-refractivity contribution in [1.82, 2.24) is 10.6 Å². The highest BCUT2D eigenvalue weighted by atomic mass is 16.2. The van der Waals surface area contributed by atoms with Crippen LogP contribution in [0.1, 0.15) is 92.9 Å². The van der Waals surface area contributed by atoms with Crippen LogP contribution < -0.4 is 16.4 Å². The quantitative estimate of drug-likeness (QED) is 0.418. The third-order valence-electron chi connectivity index (χ3n) is 5.06. The fourth-order valence-electron chi connectivity index (χ4n) is 3.12. The highest BCUT2D eigenvalue weighted by molar-refractivity contribution is 5.90. The van der Waals surface area contributed by atoms with Crippen molar-refractivity contribution in [1.29, 1.82) is 0 Å². The molecule has 0 fully saturated rings. The van der Waals surface area contributed by atoms with E-state index in [0.717, 1.165) is 32.1 Å². The monoisotopic (exact) mass is 397 g/mol. The lowest BCUT2D eigenvalue weighted by molar-refractivity contribution is -0.132. The average molecular weight is 398 g/mol. The summed E-state index contributed by atoms with van der Waals surface area (Å²) in [7, 11) is 0. The minimum Gasteiger partial charge on any atom is -0.356 e. The van der Waals surface area contributed by atoms with Crippen LogP contribution in [0.5, 0.6) is 0 Å². The number of carbonyl (C=O) groups excluding carboxylic acids is 3. The molecule has 0 spiro atoms. The van der Waals surface area contributed by atoms with Gasteiger partial charge in [-0.2, -0.15) is 0 Å². The Balaban J connectivity index is 5.11. The minimum atomic E-state index is -0.587. The number of amides is 2. The van der Waals surface area contributed by atoms with Gasteiger partial charge in [0.25, 0.3) is 0 Å². The van der Waals surface area contributed by atoms with E-state index in [4.69, 9.17) is 5.73 Å². The summed E-state index contributed by atoms with van der Waals surface area (Å²) in [5, 5.41) is 5.83. The molecule has 0 aromatic rings. The van der Waals surface area contributed by atoms with Crippen molar-refractivity contribution in [2.24, 2.45) is 17.1 Å². The predicted octanol–water partition coefficient (Wildman–Crippen LogP) is 3.33. The van der Waals surface area contributed by atoms with Crippen molar-refractivity contribution >= 4 is 17.6 Å². The van der Waals surface area contributed by atoms with E-state index in [9.17, 15) is 14.4 Å². The molecule has 2 amide bonds. The second-order valence-corrected chi connectivity index (χ2v) is 8.86. The van der Waals surface area contributed by atoms with E-state index in [1.54, 1.807) is 0 Å². The van der Waals surface area contributed by atoms with Gasteiger partial charge in [-0.25, -0.2) is 0 Å². The smallest absolute Gasteiger partial charge is 0.223 e. The van der Waals surface area contributed by atoms with Gasteiger partial charge in [-0.1, -0.05) is 60.3 Å². The van der Waals surface area contributed by atoms with Gasteiger partial charge in [0.2, 0.25) is 11.8 Å². The van der Waals surface area contributed by atoms with Crippen LogP contribution in [-0.4, -0.2) is 36.2 Å². The SMILES string of the molecule is CCCCC(CC(=O)NCC)NC(=O)[C@H](CCCC)CC(=O)[C@@H](N)C(C)(C)C. The molecule has 0 saturated heterocycles. The summed E-state index contributed by atoms with van der Waals surface area (Å²) in [6.07, 6.45) is 5.63. The first kappa shape index (κ1) is 26.6. The Morgan fingerprint density at radius 2 is 1.50 bits per heavy atom. The van der Waals surface area contributed by atoms with E-state index in [1.165, 1.54) is 0 Å². The van der Waals surface area contributed by atoms with Crippen LogP contribution in [0.25, 0.3) is 0 Å². The Morgan fingerprint density at radius 1 is 0.929 bits per heavy atom. The molecule has 4 N–H and O–H groups in total. The molecule has 0 rings (SSSR count). The van der Waals surface area contributed by atoms with Crippen molar-refractivity contribution in [2.45, 2.75) is 105 Å². The summed E-state index contributed by atoms with van der Waals surface area (Å²) in [4.78, 5) is 37.5. The third kappa shape index (κ3) is 10.8. The standard InChI is InChI=1S/C22H43N3O3/c1-7-10-12-16(14-18(26)20(23)22(4,5)6)21(28)25-17(13-11-8-2)15-19(27)24-9-3/h16-17,20H,7-15,23H2,1-6H3,(H,24,27)(H,25,28)/t16-,17?,20-/m1/s1. The zero-order chi connectivity index (χ0) is 21.7. The van der Waals surface area contributed by atoms with Crippen LogP contribution >= 0.6 is 0 Å². The lowest BCUT2D eigenvalue weighted by atomic mass is 9.81. The van der Waals surface area contributed by atoms with Gasteiger partial charge < -0.3 is 16.4 Å². The Bertz CT molecular complexity index is 486. The van der Waals surface area contributed by atoms with Crippen LogP contribution in [0.4, 0.5) is 0 Å². The van der Waals surface area contributed by atoms with Gasteiger partial charge in [-0.05, 0) is 25.2 Å². The zero-order valence-corrected chi connectivity index (χ0v) is 18.9. The molecule has 6 heteroatoms. The lowest BCUT2D eigenvalue weighted by Crippen LogP contribution is -2.46. The number of nitrogens with one attached hydrogen (secondary N) is 2. The number of Topliss-reactive ketones (excluding diaryl/α,β-unsaturated/α-hetero) is 1. The van der Waals surface area contributed by atoms with Crippen LogP contribution in [0, 0.1) is 11.3 Å². The Hall–Kier alpha value is -1.43. The molecule has 0 aliphatic heterocycles. The van der Waals surface area contributed by atoms with Gasteiger partial charge in [0.15, 0.2) is 5.78 Å². The number of carbonyl (C=O) groups is 3. The van der Waals surface area contributed by atoms with Crippen molar-refractivity contribution in [3.63, 3.8) is 0 Å². The summed E-state index contributed by atoms with van der Waals surface area (Å²) in [5.41, 5.74) is 5.77. The normalized spacial score (nSPS) is 14.8. The van der Waals surface area contributed by atoms with E-state index in [1.807, 2.05) is 27.7 Å². The van der Waals surface area contributed by atoms with E-state index in [-0.39, 0.29) is 47.8 Å². The largest absolute Gasteiger partial charge is 0.356 e. The van der Waals surface area contributed by atoms with Crippen LogP contribution in [0.15, 0.2) is 0 Å². The molecule has 0 bridgehead atoms. The second kappa shape index (κ2) is 13.7. The Morgan fingerprint density at radius 3 is 2.00 bits per heavy atom. The summed E-state index contributed by atoms with van der Waals surface area (Å²) in [6, 6.07) is -0.787. The van der Waals surface area contributed by atoms with E-state index in [2.05, 4.69) is 24.5 Å². The second-order valence-electron chi connectivity index (χ2n) is 8.86. The maximum Gasteiger partial charge on any atom is 0.223 e. The number of ketones is 1. The zero-order valence-electron chi connectivity index (χ0n) is 18.9. The molecule has 164 valence electrons. The molecule has 6 nitrogen and oxygen atoms in total.